The number of carbonyl (C=O) groups is 2. The van der Waals surface area contributed by atoms with Crippen LogP contribution in [0.4, 0.5) is 0 Å². The van der Waals surface area contributed by atoms with E-state index in [1.54, 1.807) is 17.0 Å². The summed E-state index contributed by atoms with van der Waals surface area (Å²) in [5.74, 6) is 0.157. The number of carbonyl (C=O) groups excluding carboxylic acids is 2. The highest BCUT2D eigenvalue weighted by Gasteiger charge is 2.30. The number of halogens is 1. The smallest absolute Gasteiger partial charge is 0.261 e. The Morgan fingerprint density at radius 3 is 2.31 bits per heavy atom. The van der Waals surface area contributed by atoms with Gasteiger partial charge >= 0.3 is 0 Å². The molecule has 1 N–H and O–H groups in total. The third-order valence-electron chi connectivity index (χ3n) is 5.99. The number of nitrogens with one attached hydrogen (secondary N) is 1. The lowest BCUT2D eigenvalue weighted by atomic mass is 10.0. The van der Waals surface area contributed by atoms with Crippen LogP contribution in [0.1, 0.15) is 18.1 Å². The number of fused-ring (bicyclic) bond motifs is 1. The molecule has 0 heterocycles. The Morgan fingerprint density at radius 1 is 0.861 bits per heavy atom. The van der Waals surface area contributed by atoms with Crippen LogP contribution < -0.4 is 10.1 Å². The van der Waals surface area contributed by atoms with Gasteiger partial charge in [-0.25, -0.2) is 0 Å². The molecule has 36 heavy (non-hydrogen) atoms. The second kappa shape index (κ2) is 12.2. The number of rotatable bonds is 10. The molecule has 0 fully saturated rings. The molecule has 4 aromatic rings. The molecule has 4 rings (SSSR count). The molecule has 1 atom stereocenters. The zero-order valence-corrected chi connectivity index (χ0v) is 20.9. The fraction of sp³-hybridized carbons (Fsp3) is 0.200. The summed E-state index contributed by atoms with van der Waals surface area (Å²) in [6.07, 6.45) is 0.389. The maximum Gasteiger partial charge on any atom is 0.261 e. The van der Waals surface area contributed by atoms with Gasteiger partial charge in [0, 0.05) is 29.9 Å². The maximum absolute atomic E-state index is 13.7. The van der Waals surface area contributed by atoms with Gasteiger partial charge in [-0.2, -0.15) is 0 Å². The van der Waals surface area contributed by atoms with Crippen molar-refractivity contribution in [3.05, 3.63) is 113 Å². The number of nitrogens with zero attached hydrogens (tertiary/aromatic N) is 1. The molecule has 0 radical (unpaired) electrons. The fourth-order valence-electron chi connectivity index (χ4n) is 4.18. The van der Waals surface area contributed by atoms with E-state index in [1.807, 2.05) is 91.9 Å². The third-order valence-corrected chi connectivity index (χ3v) is 6.24. The van der Waals surface area contributed by atoms with Crippen molar-refractivity contribution in [1.82, 2.24) is 10.2 Å². The lowest BCUT2D eigenvalue weighted by Crippen LogP contribution is -2.51. The topological polar surface area (TPSA) is 58.6 Å². The van der Waals surface area contributed by atoms with Crippen molar-refractivity contribution in [2.45, 2.75) is 25.9 Å². The molecule has 4 aromatic carbocycles. The second-order valence-electron chi connectivity index (χ2n) is 8.51. The molecule has 0 aromatic heterocycles. The first kappa shape index (κ1) is 25.3. The summed E-state index contributed by atoms with van der Waals surface area (Å²) >= 11 is 6.07. The number of hydrogen-bond acceptors (Lipinski definition) is 3. The van der Waals surface area contributed by atoms with E-state index in [0.29, 0.717) is 23.7 Å². The number of ether oxygens (including phenoxy) is 1. The predicted octanol–water partition coefficient (Wildman–Crippen LogP) is 5.65. The summed E-state index contributed by atoms with van der Waals surface area (Å²) in [5.41, 5.74) is 1.85. The Balaban J connectivity index is 1.62. The van der Waals surface area contributed by atoms with Crippen LogP contribution >= 0.6 is 11.6 Å². The number of hydrogen-bond donors (Lipinski definition) is 1. The highest BCUT2D eigenvalue weighted by molar-refractivity contribution is 6.30. The quantitative estimate of drug-likeness (QED) is 0.306. The van der Waals surface area contributed by atoms with Crippen molar-refractivity contribution in [1.29, 1.82) is 0 Å². The second-order valence-corrected chi connectivity index (χ2v) is 8.95. The van der Waals surface area contributed by atoms with Crippen LogP contribution in [0.15, 0.2) is 97.1 Å². The molecule has 2 amide bonds. The van der Waals surface area contributed by atoms with Crippen LogP contribution in [0.2, 0.25) is 5.02 Å². The summed E-state index contributed by atoms with van der Waals surface area (Å²) in [5, 5.41) is 5.48. The minimum atomic E-state index is -0.702. The van der Waals surface area contributed by atoms with Crippen LogP contribution in [-0.2, 0) is 22.6 Å². The first-order valence-electron chi connectivity index (χ1n) is 12.0. The van der Waals surface area contributed by atoms with Crippen molar-refractivity contribution in [2.75, 3.05) is 13.2 Å². The minimum Gasteiger partial charge on any atom is -0.483 e. The van der Waals surface area contributed by atoms with E-state index < -0.39 is 6.04 Å². The van der Waals surface area contributed by atoms with Gasteiger partial charge in [0.05, 0.1) is 0 Å². The van der Waals surface area contributed by atoms with Gasteiger partial charge in [0.2, 0.25) is 5.91 Å². The molecule has 6 heteroatoms. The van der Waals surface area contributed by atoms with Gasteiger partial charge in [-0.15, -0.1) is 0 Å². The summed E-state index contributed by atoms with van der Waals surface area (Å²) < 4.78 is 6.01. The molecule has 0 aliphatic heterocycles. The van der Waals surface area contributed by atoms with Gasteiger partial charge < -0.3 is 15.0 Å². The van der Waals surface area contributed by atoms with Crippen LogP contribution in [0.5, 0.6) is 5.75 Å². The first-order valence-corrected chi connectivity index (χ1v) is 12.4. The molecule has 0 saturated carbocycles. The molecule has 0 aliphatic carbocycles. The SMILES string of the molecule is CCNC(=O)C(Cc1ccccc1)N(Cc1ccc(Cl)cc1)C(=O)COc1cccc2ccccc12. The molecule has 0 aliphatic rings. The van der Waals surface area contributed by atoms with Crippen LogP contribution in [0.3, 0.4) is 0 Å². The average Bonchev–Trinajstić information content (AvgIpc) is 2.91. The molecule has 0 bridgehead atoms. The van der Waals surface area contributed by atoms with E-state index in [-0.39, 0.29) is 25.0 Å². The standard InChI is InChI=1S/C30H29ClN2O3/c1-2-32-30(35)27(19-22-9-4-3-5-10-22)33(20-23-15-17-25(31)18-16-23)29(34)21-36-28-14-8-12-24-11-6-7-13-26(24)28/h3-18,27H,2,19-21H2,1H3,(H,32,35). The monoisotopic (exact) mass is 500 g/mol. The van der Waals surface area contributed by atoms with Gasteiger partial charge in [0.25, 0.3) is 5.91 Å². The molecule has 5 nitrogen and oxygen atoms in total. The molecule has 0 saturated heterocycles. The molecule has 0 spiro atoms. The average molecular weight is 501 g/mol. The maximum atomic E-state index is 13.7. The Kier molecular flexibility index (Phi) is 8.58. The van der Waals surface area contributed by atoms with Gasteiger partial charge in [-0.05, 0) is 41.6 Å². The Bertz CT molecular complexity index is 1300. The van der Waals surface area contributed by atoms with Gasteiger partial charge in [0.1, 0.15) is 11.8 Å². The summed E-state index contributed by atoms with van der Waals surface area (Å²) in [6, 6.07) is 29.9. The van der Waals surface area contributed by atoms with Crippen molar-refractivity contribution in [3.8, 4) is 5.75 Å². The van der Waals surface area contributed by atoms with E-state index in [0.717, 1.165) is 21.9 Å². The van der Waals surface area contributed by atoms with Crippen LogP contribution in [0, 0.1) is 0 Å². The van der Waals surface area contributed by atoms with Crippen molar-refractivity contribution in [3.63, 3.8) is 0 Å². The third kappa shape index (κ3) is 6.43. The largest absolute Gasteiger partial charge is 0.483 e. The zero-order chi connectivity index (χ0) is 25.3. The van der Waals surface area contributed by atoms with Crippen LogP contribution in [0.25, 0.3) is 10.8 Å². The van der Waals surface area contributed by atoms with E-state index in [1.165, 1.54) is 0 Å². The van der Waals surface area contributed by atoms with Crippen LogP contribution in [-0.4, -0.2) is 35.9 Å². The zero-order valence-electron chi connectivity index (χ0n) is 20.2. The molecular formula is C30H29ClN2O3. The Hall–Kier alpha value is -3.83. The lowest BCUT2D eigenvalue weighted by molar-refractivity contribution is -0.142. The summed E-state index contributed by atoms with van der Waals surface area (Å²) in [6.45, 7) is 2.40. The predicted molar refractivity (Wildman–Crippen MR) is 144 cm³/mol. The minimum absolute atomic E-state index is 0.188. The van der Waals surface area contributed by atoms with Gasteiger partial charge in [0.15, 0.2) is 6.61 Å². The van der Waals surface area contributed by atoms with Gasteiger partial charge in [-0.3, -0.25) is 9.59 Å². The van der Waals surface area contributed by atoms with E-state index in [9.17, 15) is 9.59 Å². The molecule has 184 valence electrons. The van der Waals surface area contributed by atoms with E-state index >= 15 is 0 Å². The Morgan fingerprint density at radius 2 is 1.56 bits per heavy atom. The summed E-state index contributed by atoms with van der Waals surface area (Å²) in [4.78, 5) is 28.5. The van der Waals surface area contributed by atoms with Crippen molar-refractivity contribution < 1.29 is 14.3 Å². The number of likely N-dealkylation sites (N-methyl/N-ethyl adjacent to an activating group) is 1. The lowest BCUT2D eigenvalue weighted by Gasteiger charge is -2.31. The number of benzene rings is 4. The van der Waals surface area contributed by atoms with E-state index in [4.69, 9.17) is 16.3 Å². The van der Waals surface area contributed by atoms with E-state index in [2.05, 4.69) is 5.32 Å². The highest BCUT2D eigenvalue weighted by Crippen LogP contribution is 2.25. The fourth-order valence-corrected chi connectivity index (χ4v) is 4.30. The van der Waals surface area contributed by atoms with Gasteiger partial charge in [-0.1, -0.05) is 90.5 Å². The number of amides is 2. The molecule has 1 unspecified atom stereocenters. The molecular weight excluding hydrogens is 472 g/mol. The highest BCUT2D eigenvalue weighted by atomic mass is 35.5. The van der Waals surface area contributed by atoms with Crippen molar-refractivity contribution >= 4 is 34.2 Å². The first-order chi connectivity index (χ1) is 17.5. The normalized spacial score (nSPS) is 11.6. The summed E-state index contributed by atoms with van der Waals surface area (Å²) in [7, 11) is 0. The van der Waals surface area contributed by atoms with Crippen molar-refractivity contribution in [2.24, 2.45) is 0 Å². The Labute approximate surface area is 216 Å².